The predicted molar refractivity (Wildman–Crippen MR) is 48.1 cm³/mol. The zero-order chi connectivity index (χ0) is 8.91. The molecule has 0 aromatic heterocycles. The fourth-order valence-corrected chi connectivity index (χ4v) is 0.884. The Hall–Kier alpha value is -0.300. The average molecular weight is 154 g/mol. The van der Waals surface area contributed by atoms with E-state index in [0.717, 1.165) is 19.3 Å². The average Bonchev–Trinajstić information content (AvgIpc) is 1.87. The molecule has 0 bridgehead atoms. The number of rotatable bonds is 5. The van der Waals surface area contributed by atoms with Crippen molar-refractivity contribution in [2.45, 2.75) is 38.7 Å². The Morgan fingerprint density at radius 2 is 2.27 bits per heavy atom. The van der Waals surface area contributed by atoms with Gasteiger partial charge in [-0.1, -0.05) is 19.4 Å². The van der Waals surface area contributed by atoms with E-state index in [4.69, 9.17) is 6.92 Å². The summed E-state index contributed by atoms with van der Waals surface area (Å²) >= 11 is 0. The van der Waals surface area contributed by atoms with Crippen molar-refractivity contribution in [3.8, 4) is 0 Å². The smallest absolute Gasteiger partial charge is 0.0797 e. The lowest BCUT2D eigenvalue weighted by molar-refractivity contribution is 0.0982. The third-order valence-corrected chi connectivity index (χ3v) is 1.78. The fourth-order valence-electron chi connectivity index (χ4n) is 0.884. The SMILES string of the molecule is [CH]C(C)CCCC(C)(O)C=C. The highest BCUT2D eigenvalue weighted by molar-refractivity contribution is 4.91. The molecule has 0 aliphatic rings. The summed E-state index contributed by atoms with van der Waals surface area (Å²) in [5.41, 5.74) is -0.713. The van der Waals surface area contributed by atoms with E-state index in [1.54, 1.807) is 13.0 Å². The highest BCUT2D eigenvalue weighted by Crippen LogP contribution is 2.16. The summed E-state index contributed by atoms with van der Waals surface area (Å²) in [6.45, 7) is 12.8. The first-order valence-electron chi connectivity index (χ1n) is 4.09. The molecule has 2 atom stereocenters. The molecule has 0 rings (SSSR count). The number of aliphatic hydroxyl groups is 1. The predicted octanol–water partition coefficient (Wildman–Crippen LogP) is 2.44. The van der Waals surface area contributed by atoms with Gasteiger partial charge in [-0.05, 0) is 32.6 Å². The van der Waals surface area contributed by atoms with Crippen molar-refractivity contribution in [3.05, 3.63) is 19.6 Å². The zero-order valence-corrected chi connectivity index (χ0v) is 7.51. The molecule has 0 amide bonds. The topological polar surface area (TPSA) is 20.2 Å². The van der Waals surface area contributed by atoms with Crippen LogP contribution in [-0.2, 0) is 0 Å². The molecule has 1 nitrogen and oxygen atoms in total. The van der Waals surface area contributed by atoms with Crippen molar-refractivity contribution >= 4 is 0 Å². The lowest BCUT2D eigenvalue weighted by Crippen LogP contribution is -2.19. The van der Waals surface area contributed by atoms with E-state index in [-0.39, 0.29) is 5.92 Å². The lowest BCUT2D eigenvalue weighted by Gasteiger charge is -2.18. The van der Waals surface area contributed by atoms with E-state index in [2.05, 4.69) is 6.58 Å². The maximum atomic E-state index is 9.48. The normalized spacial score (nSPS) is 16.5. The maximum absolute atomic E-state index is 9.48. The first kappa shape index (κ1) is 10.7. The summed E-state index contributed by atoms with van der Waals surface area (Å²) in [5, 5.41) is 9.48. The van der Waals surface area contributed by atoms with Crippen molar-refractivity contribution in [2.24, 2.45) is 5.92 Å². The Balaban J connectivity index is 3.45. The van der Waals surface area contributed by atoms with Crippen LogP contribution in [0.4, 0.5) is 0 Å². The second-order valence-corrected chi connectivity index (χ2v) is 3.43. The number of hydrogen-bond acceptors (Lipinski definition) is 1. The third kappa shape index (κ3) is 6.11. The molecule has 2 unspecified atom stereocenters. The van der Waals surface area contributed by atoms with Gasteiger partial charge in [0, 0.05) is 0 Å². The highest BCUT2D eigenvalue weighted by atomic mass is 16.3. The van der Waals surface area contributed by atoms with Gasteiger partial charge in [-0.2, -0.15) is 0 Å². The quantitative estimate of drug-likeness (QED) is 0.603. The monoisotopic (exact) mass is 154 g/mol. The maximum Gasteiger partial charge on any atom is 0.0797 e. The van der Waals surface area contributed by atoms with Gasteiger partial charge in [0.2, 0.25) is 0 Å². The molecular weight excluding hydrogens is 136 g/mol. The van der Waals surface area contributed by atoms with Gasteiger partial charge in [0.15, 0.2) is 0 Å². The number of hydrogen-bond donors (Lipinski definition) is 1. The van der Waals surface area contributed by atoms with Crippen molar-refractivity contribution in [1.82, 2.24) is 0 Å². The molecular formula is C10H18O. The Morgan fingerprint density at radius 3 is 2.64 bits per heavy atom. The third-order valence-electron chi connectivity index (χ3n) is 1.78. The van der Waals surface area contributed by atoms with Gasteiger partial charge in [0.1, 0.15) is 0 Å². The molecule has 0 saturated carbocycles. The van der Waals surface area contributed by atoms with E-state index in [9.17, 15) is 5.11 Å². The van der Waals surface area contributed by atoms with Crippen molar-refractivity contribution in [1.29, 1.82) is 0 Å². The van der Waals surface area contributed by atoms with Crippen LogP contribution < -0.4 is 0 Å². The Labute approximate surface area is 70.1 Å². The largest absolute Gasteiger partial charge is 0.386 e. The van der Waals surface area contributed by atoms with E-state index >= 15 is 0 Å². The van der Waals surface area contributed by atoms with Gasteiger partial charge in [-0.25, -0.2) is 0 Å². The Morgan fingerprint density at radius 1 is 1.73 bits per heavy atom. The molecule has 64 valence electrons. The van der Waals surface area contributed by atoms with Gasteiger partial charge in [-0.15, -0.1) is 6.58 Å². The minimum absolute atomic E-state index is 0.232. The first-order chi connectivity index (χ1) is 4.98. The summed E-state index contributed by atoms with van der Waals surface area (Å²) < 4.78 is 0. The van der Waals surface area contributed by atoms with Crippen LogP contribution in [0.2, 0.25) is 0 Å². The minimum atomic E-state index is -0.713. The van der Waals surface area contributed by atoms with Gasteiger partial charge in [0.25, 0.3) is 0 Å². The van der Waals surface area contributed by atoms with Crippen LogP contribution in [0.5, 0.6) is 0 Å². The molecule has 0 aliphatic heterocycles. The van der Waals surface area contributed by atoms with E-state index < -0.39 is 5.60 Å². The Kier molecular flexibility index (Phi) is 4.43. The molecule has 11 heavy (non-hydrogen) atoms. The van der Waals surface area contributed by atoms with E-state index in [1.807, 2.05) is 6.92 Å². The van der Waals surface area contributed by atoms with Crippen LogP contribution in [0.3, 0.4) is 0 Å². The van der Waals surface area contributed by atoms with Crippen molar-refractivity contribution < 1.29 is 5.11 Å². The molecule has 0 aliphatic carbocycles. The van der Waals surface area contributed by atoms with Gasteiger partial charge in [-0.3, -0.25) is 0 Å². The summed E-state index contributed by atoms with van der Waals surface area (Å²) in [5.74, 6) is 0.232. The molecule has 0 aromatic rings. The molecule has 0 spiro atoms. The molecule has 1 heteroatoms. The second kappa shape index (κ2) is 4.55. The van der Waals surface area contributed by atoms with Crippen LogP contribution in [0.1, 0.15) is 33.1 Å². The van der Waals surface area contributed by atoms with Crippen LogP contribution in [0, 0.1) is 12.8 Å². The van der Waals surface area contributed by atoms with Gasteiger partial charge >= 0.3 is 0 Å². The zero-order valence-electron chi connectivity index (χ0n) is 7.51. The molecule has 0 fully saturated rings. The molecule has 0 heterocycles. The van der Waals surface area contributed by atoms with E-state index in [1.165, 1.54) is 0 Å². The standard InChI is InChI=1S/C10H18O/c1-5-10(4,11)8-6-7-9(2)3/h2,5,9,11H,1,6-8H2,3-4H3. The minimum Gasteiger partial charge on any atom is -0.386 e. The fraction of sp³-hybridized carbons (Fsp3) is 0.700. The van der Waals surface area contributed by atoms with Crippen LogP contribution in [-0.4, -0.2) is 10.7 Å². The molecule has 2 radical (unpaired) electrons. The van der Waals surface area contributed by atoms with Crippen molar-refractivity contribution in [3.63, 3.8) is 0 Å². The van der Waals surface area contributed by atoms with Gasteiger partial charge < -0.3 is 5.11 Å². The van der Waals surface area contributed by atoms with Crippen LogP contribution in [0.15, 0.2) is 12.7 Å². The van der Waals surface area contributed by atoms with Crippen LogP contribution in [0.25, 0.3) is 0 Å². The van der Waals surface area contributed by atoms with E-state index in [0.29, 0.717) is 0 Å². The van der Waals surface area contributed by atoms with Gasteiger partial charge in [0.05, 0.1) is 5.60 Å². The molecule has 0 saturated heterocycles. The Bertz CT molecular complexity index is 114. The summed E-state index contributed by atoms with van der Waals surface area (Å²) in [6.07, 6.45) is 4.24. The molecule has 0 aromatic carbocycles. The highest BCUT2D eigenvalue weighted by Gasteiger charge is 2.14. The lowest BCUT2D eigenvalue weighted by atomic mass is 9.96. The first-order valence-corrected chi connectivity index (χ1v) is 4.09. The second-order valence-electron chi connectivity index (χ2n) is 3.43. The summed E-state index contributed by atoms with van der Waals surface area (Å²) in [7, 11) is 0. The molecule has 1 N–H and O–H groups in total. The summed E-state index contributed by atoms with van der Waals surface area (Å²) in [6, 6.07) is 0. The van der Waals surface area contributed by atoms with Crippen molar-refractivity contribution in [2.75, 3.05) is 0 Å². The van der Waals surface area contributed by atoms with Crippen LogP contribution >= 0.6 is 0 Å². The summed E-state index contributed by atoms with van der Waals surface area (Å²) in [4.78, 5) is 0.